The minimum Gasteiger partial charge on any atom is -0.497 e. The number of hydrogen-bond acceptors (Lipinski definition) is 5. The largest absolute Gasteiger partial charge is 0.497 e. The van der Waals surface area contributed by atoms with Gasteiger partial charge in [-0.1, -0.05) is 0 Å². The van der Waals surface area contributed by atoms with Gasteiger partial charge >= 0.3 is 0 Å². The van der Waals surface area contributed by atoms with Gasteiger partial charge in [-0.25, -0.2) is 13.1 Å². The summed E-state index contributed by atoms with van der Waals surface area (Å²) in [5, 5.41) is 1.23. The standard InChI is InChI=1S/C23H25N3O4S/c1-24-31(27,28)21-8-13-6-7-26-12-19-22(15-9-14(29-2)4-5-18(15)25-19)17-11-23(17,26)16(13)10-20(21)30-3/h4-5,8-10,17,24-25H,6-7,11-12H2,1-3H3. The molecule has 1 fully saturated rings. The summed E-state index contributed by atoms with van der Waals surface area (Å²) < 4.78 is 38.5. The summed E-state index contributed by atoms with van der Waals surface area (Å²) in [4.78, 5) is 6.40. The van der Waals surface area contributed by atoms with Crippen LogP contribution in [0.15, 0.2) is 35.2 Å². The van der Waals surface area contributed by atoms with Gasteiger partial charge in [-0.15, -0.1) is 0 Å². The first kappa shape index (κ1) is 19.2. The maximum absolute atomic E-state index is 12.6. The molecule has 7 nitrogen and oxygen atoms in total. The number of sulfonamides is 1. The third-order valence-corrected chi connectivity index (χ3v) is 8.82. The quantitative estimate of drug-likeness (QED) is 0.653. The molecule has 2 N–H and O–H groups in total. The molecule has 3 heterocycles. The SMILES string of the molecule is CNS(=O)(=O)c1cc2c(cc1OC)C13CC1c1c([nH]c4ccc(OC)cc14)CN3CC2. The smallest absolute Gasteiger partial charge is 0.244 e. The van der Waals surface area contributed by atoms with E-state index in [1.165, 1.54) is 36.4 Å². The lowest BCUT2D eigenvalue weighted by atomic mass is 9.84. The van der Waals surface area contributed by atoms with Gasteiger partial charge in [0, 0.05) is 35.6 Å². The van der Waals surface area contributed by atoms with Crippen LogP contribution in [0.3, 0.4) is 0 Å². The van der Waals surface area contributed by atoms with Crippen molar-refractivity contribution in [1.82, 2.24) is 14.6 Å². The summed E-state index contributed by atoms with van der Waals surface area (Å²) in [6, 6.07) is 9.98. The van der Waals surface area contributed by atoms with Crippen LogP contribution in [-0.2, 0) is 28.5 Å². The Balaban J connectivity index is 1.53. The van der Waals surface area contributed by atoms with Gasteiger partial charge in [0.05, 0.1) is 19.8 Å². The van der Waals surface area contributed by atoms with Crippen LogP contribution >= 0.6 is 0 Å². The minimum atomic E-state index is -3.59. The highest BCUT2D eigenvalue weighted by atomic mass is 32.2. The van der Waals surface area contributed by atoms with Crippen molar-refractivity contribution >= 4 is 20.9 Å². The fourth-order valence-corrected chi connectivity index (χ4v) is 6.79. The Hall–Kier alpha value is -2.55. The zero-order valence-corrected chi connectivity index (χ0v) is 18.6. The number of nitrogens with zero attached hydrogens (tertiary/aromatic N) is 1. The molecule has 3 aliphatic rings. The number of H-pyrrole nitrogens is 1. The van der Waals surface area contributed by atoms with Gasteiger partial charge in [0.1, 0.15) is 16.4 Å². The molecule has 1 aliphatic carbocycles. The molecule has 2 atom stereocenters. The van der Waals surface area contributed by atoms with E-state index in [1.807, 2.05) is 18.2 Å². The van der Waals surface area contributed by atoms with Crippen LogP contribution in [0.2, 0.25) is 0 Å². The number of aromatic nitrogens is 1. The number of ether oxygens (including phenoxy) is 2. The molecule has 2 aromatic carbocycles. The molecule has 6 rings (SSSR count). The molecule has 0 bridgehead atoms. The second kappa shape index (κ2) is 6.25. The summed E-state index contributed by atoms with van der Waals surface area (Å²) in [5.41, 5.74) is 6.03. The Morgan fingerprint density at radius 2 is 2.03 bits per heavy atom. The van der Waals surface area contributed by atoms with Gasteiger partial charge in [-0.2, -0.15) is 0 Å². The fourth-order valence-electron chi connectivity index (χ4n) is 5.87. The average Bonchev–Trinajstić information content (AvgIpc) is 3.43. The highest BCUT2D eigenvalue weighted by molar-refractivity contribution is 7.89. The summed E-state index contributed by atoms with van der Waals surface area (Å²) >= 11 is 0. The minimum absolute atomic E-state index is 0.0893. The topological polar surface area (TPSA) is 83.7 Å². The van der Waals surface area contributed by atoms with Crippen molar-refractivity contribution < 1.29 is 17.9 Å². The molecule has 1 saturated carbocycles. The predicted molar refractivity (Wildman–Crippen MR) is 117 cm³/mol. The Morgan fingerprint density at radius 1 is 1.19 bits per heavy atom. The lowest BCUT2D eigenvalue weighted by Crippen LogP contribution is -2.44. The predicted octanol–water partition coefficient (Wildman–Crippen LogP) is 2.85. The molecule has 2 unspecified atom stereocenters. The van der Waals surface area contributed by atoms with Crippen LogP contribution in [0.25, 0.3) is 10.9 Å². The van der Waals surface area contributed by atoms with Gasteiger partial charge in [0.25, 0.3) is 0 Å². The van der Waals surface area contributed by atoms with E-state index in [-0.39, 0.29) is 10.4 Å². The maximum atomic E-state index is 12.6. The van der Waals surface area contributed by atoms with Crippen molar-refractivity contribution in [1.29, 1.82) is 0 Å². The molecule has 0 amide bonds. The lowest BCUT2D eigenvalue weighted by Gasteiger charge is -2.41. The van der Waals surface area contributed by atoms with Crippen LogP contribution in [0.5, 0.6) is 11.5 Å². The molecular formula is C23H25N3O4S. The van der Waals surface area contributed by atoms with Crippen molar-refractivity contribution in [3.8, 4) is 11.5 Å². The van der Waals surface area contributed by atoms with Crippen molar-refractivity contribution in [2.45, 2.75) is 35.7 Å². The number of hydrogen-bond donors (Lipinski definition) is 2. The molecule has 2 aliphatic heterocycles. The van der Waals surface area contributed by atoms with Crippen molar-refractivity contribution in [2.24, 2.45) is 0 Å². The van der Waals surface area contributed by atoms with E-state index in [9.17, 15) is 8.42 Å². The molecule has 31 heavy (non-hydrogen) atoms. The average molecular weight is 440 g/mol. The number of benzene rings is 2. The molecular weight excluding hydrogens is 414 g/mol. The lowest BCUT2D eigenvalue weighted by molar-refractivity contribution is 0.137. The van der Waals surface area contributed by atoms with Gasteiger partial charge in [0.2, 0.25) is 10.0 Å². The monoisotopic (exact) mass is 439 g/mol. The molecule has 1 aromatic heterocycles. The van der Waals surface area contributed by atoms with E-state index < -0.39 is 10.0 Å². The van der Waals surface area contributed by atoms with Crippen molar-refractivity contribution in [3.63, 3.8) is 0 Å². The molecule has 0 saturated heterocycles. The van der Waals surface area contributed by atoms with Gasteiger partial charge in [-0.3, -0.25) is 4.90 Å². The number of nitrogens with one attached hydrogen (secondary N) is 2. The third-order valence-electron chi connectivity index (χ3n) is 7.39. The Labute approximate surface area is 181 Å². The van der Waals surface area contributed by atoms with E-state index in [4.69, 9.17) is 9.47 Å². The highest BCUT2D eigenvalue weighted by Gasteiger charge is 2.65. The summed E-state index contributed by atoms with van der Waals surface area (Å²) in [7, 11) is 1.06. The van der Waals surface area contributed by atoms with E-state index >= 15 is 0 Å². The normalized spacial score (nSPS) is 24.2. The van der Waals surface area contributed by atoms with Gasteiger partial charge in [-0.05, 0) is 66.9 Å². The number of fused-ring (bicyclic) bond motifs is 5. The molecule has 8 heteroatoms. The Kier molecular flexibility index (Phi) is 3.86. The third kappa shape index (κ3) is 2.43. The molecule has 1 spiro atoms. The van der Waals surface area contributed by atoms with E-state index in [2.05, 4.69) is 26.7 Å². The second-order valence-electron chi connectivity index (χ2n) is 8.65. The summed E-state index contributed by atoms with van der Waals surface area (Å²) in [5.74, 6) is 1.63. The van der Waals surface area contributed by atoms with Crippen molar-refractivity contribution in [2.75, 3.05) is 27.8 Å². The fraction of sp³-hybridized carbons (Fsp3) is 0.391. The molecule has 162 valence electrons. The van der Waals surface area contributed by atoms with Crippen LogP contribution in [0.4, 0.5) is 0 Å². The maximum Gasteiger partial charge on any atom is 0.244 e. The molecule has 3 aromatic rings. The van der Waals surface area contributed by atoms with Gasteiger partial charge in [0.15, 0.2) is 0 Å². The van der Waals surface area contributed by atoms with Crippen LogP contribution in [0.1, 0.15) is 34.7 Å². The zero-order chi connectivity index (χ0) is 21.5. The van der Waals surface area contributed by atoms with Crippen molar-refractivity contribution in [3.05, 3.63) is 52.7 Å². The van der Waals surface area contributed by atoms with Gasteiger partial charge < -0.3 is 14.5 Å². The number of rotatable bonds is 4. The first-order valence-electron chi connectivity index (χ1n) is 10.5. The first-order chi connectivity index (χ1) is 14.9. The Bertz CT molecular complexity index is 1350. The number of methoxy groups -OCH3 is 2. The van der Waals surface area contributed by atoms with Crippen LogP contribution in [-0.4, -0.2) is 46.1 Å². The zero-order valence-electron chi connectivity index (χ0n) is 17.8. The van der Waals surface area contributed by atoms with Crippen LogP contribution in [0, 0.1) is 0 Å². The molecule has 0 radical (unpaired) electrons. The van der Waals surface area contributed by atoms with E-state index in [0.29, 0.717) is 11.7 Å². The summed E-state index contributed by atoms with van der Waals surface area (Å²) in [6.07, 6.45) is 1.85. The number of aromatic amines is 1. The highest BCUT2D eigenvalue weighted by Crippen LogP contribution is 2.68. The second-order valence-corrected chi connectivity index (χ2v) is 10.5. The van der Waals surface area contributed by atoms with Crippen LogP contribution < -0.4 is 14.2 Å². The Morgan fingerprint density at radius 3 is 2.77 bits per heavy atom. The first-order valence-corrected chi connectivity index (χ1v) is 12.0. The summed E-state index contributed by atoms with van der Waals surface area (Å²) in [6.45, 7) is 1.77. The van der Waals surface area contributed by atoms with E-state index in [0.717, 1.165) is 42.8 Å². The van der Waals surface area contributed by atoms with E-state index in [1.54, 1.807) is 7.11 Å².